The lowest BCUT2D eigenvalue weighted by atomic mass is 10.2. The highest BCUT2D eigenvalue weighted by Crippen LogP contribution is 2.32. The van der Waals surface area contributed by atoms with Gasteiger partial charge >= 0.3 is 5.97 Å². The quantitative estimate of drug-likeness (QED) is 0.814. The van der Waals surface area contributed by atoms with Crippen LogP contribution in [0.2, 0.25) is 5.02 Å². The topological polar surface area (TPSA) is 95.9 Å². The summed E-state index contributed by atoms with van der Waals surface area (Å²) in [4.78, 5) is 11.1. The van der Waals surface area contributed by atoms with Crippen molar-refractivity contribution >= 4 is 27.6 Å². The van der Waals surface area contributed by atoms with Crippen LogP contribution in [0, 0.1) is 6.92 Å². The molecule has 1 aliphatic rings. The van der Waals surface area contributed by atoms with Crippen LogP contribution in [0.15, 0.2) is 17.0 Å². The summed E-state index contributed by atoms with van der Waals surface area (Å²) in [6.45, 7) is 4.12. The van der Waals surface area contributed by atoms with E-state index in [9.17, 15) is 13.2 Å². The summed E-state index contributed by atoms with van der Waals surface area (Å²) < 4.78 is 32.3. The van der Waals surface area contributed by atoms with E-state index in [-0.39, 0.29) is 30.3 Å². The molecule has 0 saturated carbocycles. The Hall–Kier alpha value is -1.35. The maximum atomic E-state index is 12.9. The van der Waals surface area contributed by atoms with Crippen LogP contribution in [0.4, 0.5) is 0 Å². The van der Waals surface area contributed by atoms with E-state index in [1.165, 1.54) is 6.07 Å². The summed E-state index contributed by atoms with van der Waals surface area (Å²) in [5.74, 6) is -0.864. The van der Waals surface area contributed by atoms with Crippen LogP contribution in [0.3, 0.4) is 0 Å². The van der Waals surface area contributed by atoms with Gasteiger partial charge < -0.3 is 15.2 Å². The second-order valence-corrected chi connectivity index (χ2v) is 7.50. The number of ether oxygens (including phenoxy) is 1. The number of carbonyl (C=O) groups is 1. The standard InChI is InChI=1S/C14H19ClN2O5S/c1-3-22-12-6-9(2)10(15)7-13(12)23(20,21)17-5-4-16-11(8-17)14(18)19/h6-7,11,16H,3-5,8H2,1-2H3,(H,18,19)/t11-/m1/s1. The molecule has 7 nitrogen and oxygen atoms in total. The number of nitrogens with one attached hydrogen (secondary N) is 1. The first kappa shape index (κ1) is 18.0. The normalized spacial score (nSPS) is 19.5. The average molecular weight is 363 g/mol. The van der Waals surface area contributed by atoms with Crippen LogP contribution in [0.1, 0.15) is 12.5 Å². The fourth-order valence-electron chi connectivity index (χ4n) is 2.35. The molecular formula is C14H19ClN2O5S. The molecule has 1 aliphatic heterocycles. The van der Waals surface area contributed by atoms with E-state index in [0.29, 0.717) is 17.2 Å². The Labute approximate surface area is 140 Å². The summed E-state index contributed by atoms with van der Waals surface area (Å²) in [6, 6.07) is 2.00. The van der Waals surface area contributed by atoms with Crippen LogP contribution in [0.25, 0.3) is 0 Å². The van der Waals surface area contributed by atoms with Crippen LogP contribution < -0.4 is 10.1 Å². The lowest BCUT2D eigenvalue weighted by Gasteiger charge is -2.31. The number of hydrogen-bond donors (Lipinski definition) is 2. The molecule has 1 aromatic carbocycles. The molecule has 0 radical (unpaired) electrons. The van der Waals surface area contributed by atoms with Gasteiger partial charge in [-0.2, -0.15) is 4.31 Å². The van der Waals surface area contributed by atoms with E-state index in [1.54, 1.807) is 19.9 Å². The Morgan fingerprint density at radius 1 is 1.52 bits per heavy atom. The second-order valence-electron chi connectivity index (χ2n) is 5.19. The molecule has 1 atom stereocenters. The minimum Gasteiger partial charge on any atom is -0.492 e. The van der Waals surface area contributed by atoms with Gasteiger partial charge in [-0.05, 0) is 31.5 Å². The number of aliphatic carboxylic acids is 1. The van der Waals surface area contributed by atoms with E-state index in [2.05, 4.69) is 5.32 Å². The smallest absolute Gasteiger partial charge is 0.322 e. The Kier molecular flexibility index (Phi) is 5.51. The predicted octanol–water partition coefficient (Wildman–Crippen LogP) is 1.09. The molecule has 0 bridgehead atoms. The lowest BCUT2D eigenvalue weighted by molar-refractivity contribution is -0.140. The molecule has 0 amide bonds. The average Bonchev–Trinajstić information content (AvgIpc) is 2.51. The van der Waals surface area contributed by atoms with Crippen LogP contribution in [-0.4, -0.2) is 56.1 Å². The Morgan fingerprint density at radius 2 is 2.22 bits per heavy atom. The Morgan fingerprint density at radius 3 is 2.83 bits per heavy atom. The number of aryl methyl sites for hydroxylation is 1. The van der Waals surface area contributed by atoms with Crippen LogP contribution in [0.5, 0.6) is 5.75 Å². The first-order valence-corrected chi connectivity index (χ1v) is 8.98. The van der Waals surface area contributed by atoms with E-state index < -0.39 is 22.0 Å². The van der Waals surface area contributed by atoms with Gasteiger partial charge in [-0.25, -0.2) is 8.42 Å². The van der Waals surface area contributed by atoms with Gasteiger partial charge in [0.15, 0.2) is 0 Å². The van der Waals surface area contributed by atoms with Gasteiger partial charge in [-0.3, -0.25) is 4.79 Å². The number of carboxylic acids is 1. The van der Waals surface area contributed by atoms with Crippen molar-refractivity contribution in [2.24, 2.45) is 0 Å². The number of halogens is 1. The molecule has 1 fully saturated rings. The van der Waals surface area contributed by atoms with Gasteiger partial charge in [-0.15, -0.1) is 0 Å². The zero-order valence-electron chi connectivity index (χ0n) is 12.9. The summed E-state index contributed by atoms with van der Waals surface area (Å²) in [5.41, 5.74) is 0.706. The minimum absolute atomic E-state index is 0.0408. The zero-order valence-corrected chi connectivity index (χ0v) is 14.4. The lowest BCUT2D eigenvalue weighted by Crippen LogP contribution is -2.55. The molecule has 0 aliphatic carbocycles. The Balaban J connectivity index is 2.42. The summed E-state index contributed by atoms with van der Waals surface area (Å²) in [6.07, 6.45) is 0. The van der Waals surface area contributed by atoms with Gasteiger partial charge in [0.25, 0.3) is 0 Å². The molecule has 23 heavy (non-hydrogen) atoms. The third-order valence-corrected chi connectivity index (χ3v) is 5.87. The van der Waals surface area contributed by atoms with Crippen molar-refractivity contribution in [1.29, 1.82) is 0 Å². The number of carboxylic acid groups (broad SMARTS) is 1. The molecular weight excluding hydrogens is 344 g/mol. The van der Waals surface area contributed by atoms with Crippen molar-refractivity contribution in [3.8, 4) is 5.75 Å². The number of nitrogens with zero attached hydrogens (tertiary/aromatic N) is 1. The Bertz CT molecular complexity index is 707. The highest BCUT2D eigenvalue weighted by atomic mass is 35.5. The fraction of sp³-hybridized carbons (Fsp3) is 0.500. The molecule has 2 N–H and O–H groups in total. The van der Waals surface area contributed by atoms with Crippen molar-refractivity contribution in [2.45, 2.75) is 24.8 Å². The van der Waals surface area contributed by atoms with E-state index in [1.807, 2.05) is 0 Å². The summed E-state index contributed by atoms with van der Waals surface area (Å²) in [7, 11) is -3.90. The number of sulfonamides is 1. The van der Waals surface area contributed by atoms with Crippen molar-refractivity contribution in [2.75, 3.05) is 26.2 Å². The maximum absolute atomic E-state index is 12.9. The maximum Gasteiger partial charge on any atom is 0.322 e. The monoisotopic (exact) mass is 362 g/mol. The highest BCUT2D eigenvalue weighted by Gasteiger charge is 2.35. The molecule has 1 saturated heterocycles. The molecule has 0 spiro atoms. The van der Waals surface area contributed by atoms with E-state index in [0.717, 1.165) is 4.31 Å². The first-order valence-electron chi connectivity index (χ1n) is 7.16. The van der Waals surface area contributed by atoms with Crippen molar-refractivity contribution in [1.82, 2.24) is 9.62 Å². The summed E-state index contributed by atoms with van der Waals surface area (Å²) >= 11 is 6.07. The van der Waals surface area contributed by atoms with Gasteiger partial charge in [-0.1, -0.05) is 11.6 Å². The van der Waals surface area contributed by atoms with Gasteiger partial charge in [0.05, 0.1) is 6.61 Å². The van der Waals surface area contributed by atoms with Crippen molar-refractivity contribution < 1.29 is 23.1 Å². The SMILES string of the molecule is CCOc1cc(C)c(Cl)cc1S(=O)(=O)N1CCN[C@@H](C(=O)O)C1. The van der Waals surface area contributed by atoms with Crippen LogP contribution in [-0.2, 0) is 14.8 Å². The molecule has 0 unspecified atom stereocenters. The second kappa shape index (κ2) is 7.04. The molecule has 9 heteroatoms. The van der Waals surface area contributed by atoms with Gasteiger partial charge in [0, 0.05) is 24.7 Å². The minimum atomic E-state index is -3.90. The highest BCUT2D eigenvalue weighted by molar-refractivity contribution is 7.89. The predicted molar refractivity (Wildman–Crippen MR) is 85.5 cm³/mol. The molecule has 128 valence electrons. The number of rotatable bonds is 5. The third kappa shape index (κ3) is 3.77. The van der Waals surface area contributed by atoms with Crippen molar-refractivity contribution in [3.05, 3.63) is 22.7 Å². The summed E-state index contributed by atoms with van der Waals surface area (Å²) in [5, 5.41) is 12.2. The molecule has 2 rings (SSSR count). The number of hydrogen-bond acceptors (Lipinski definition) is 5. The zero-order chi connectivity index (χ0) is 17.2. The first-order chi connectivity index (χ1) is 10.8. The molecule has 1 aromatic rings. The van der Waals surface area contributed by atoms with Crippen LogP contribution >= 0.6 is 11.6 Å². The number of piperazine rings is 1. The molecule has 1 heterocycles. The molecule has 0 aromatic heterocycles. The van der Waals surface area contributed by atoms with Crippen molar-refractivity contribution in [3.63, 3.8) is 0 Å². The fourth-order valence-corrected chi connectivity index (χ4v) is 4.17. The third-order valence-electron chi connectivity index (χ3n) is 3.58. The number of benzene rings is 1. The van der Waals surface area contributed by atoms with Gasteiger partial charge in [0.1, 0.15) is 16.7 Å². The van der Waals surface area contributed by atoms with Gasteiger partial charge in [0.2, 0.25) is 10.0 Å². The van der Waals surface area contributed by atoms with E-state index >= 15 is 0 Å². The van der Waals surface area contributed by atoms with E-state index in [4.69, 9.17) is 21.4 Å². The largest absolute Gasteiger partial charge is 0.492 e.